The molecule has 2 atom stereocenters. The van der Waals surface area contributed by atoms with Crippen molar-refractivity contribution in [2.24, 2.45) is 5.92 Å². The molecule has 0 bridgehead atoms. The lowest BCUT2D eigenvalue weighted by Gasteiger charge is -2.30. The average molecular weight is 488 g/mol. The summed E-state index contributed by atoms with van der Waals surface area (Å²) in [7, 11) is -3.39. The molecule has 2 heterocycles. The van der Waals surface area contributed by atoms with E-state index in [1.807, 2.05) is 13.8 Å². The van der Waals surface area contributed by atoms with Crippen LogP contribution >= 0.6 is 0 Å². The maximum atomic E-state index is 14.9. The number of ketones is 1. The third-order valence-electron chi connectivity index (χ3n) is 5.99. The second-order valence-corrected chi connectivity index (χ2v) is 11.2. The number of carbonyl (C=O) groups is 2. The van der Waals surface area contributed by atoms with Gasteiger partial charge in [-0.05, 0) is 42.7 Å². The van der Waals surface area contributed by atoms with E-state index in [2.05, 4.69) is 0 Å². The van der Waals surface area contributed by atoms with Gasteiger partial charge in [-0.1, -0.05) is 32.0 Å². The van der Waals surface area contributed by atoms with Crippen LogP contribution < -0.4 is 4.74 Å². The van der Waals surface area contributed by atoms with Gasteiger partial charge in [0.15, 0.2) is 9.84 Å². The Morgan fingerprint density at radius 2 is 1.82 bits per heavy atom. The van der Waals surface area contributed by atoms with E-state index in [1.165, 1.54) is 18.2 Å². The van der Waals surface area contributed by atoms with Crippen LogP contribution in [0.2, 0.25) is 0 Å². The quantitative estimate of drug-likeness (QED) is 0.380. The number of nitrogens with zero attached hydrogens (tertiary/aromatic N) is 1. The summed E-state index contributed by atoms with van der Waals surface area (Å²) in [5.41, 5.74) is 0.00922. The Bertz CT molecular complexity index is 1250. The third-order valence-corrected chi connectivity index (χ3v) is 7.74. The van der Waals surface area contributed by atoms with E-state index >= 15 is 0 Å². The van der Waals surface area contributed by atoms with E-state index < -0.39 is 45.2 Å². The van der Waals surface area contributed by atoms with Crippen LogP contribution in [0.25, 0.3) is 5.76 Å². The van der Waals surface area contributed by atoms with E-state index in [-0.39, 0.29) is 34.6 Å². The molecule has 2 aromatic rings. The molecule has 9 heteroatoms. The van der Waals surface area contributed by atoms with E-state index in [1.54, 1.807) is 30.3 Å². The van der Waals surface area contributed by atoms with Crippen molar-refractivity contribution in [3.8, 4) is 5.75 Å². The Balaban J connectivity index is 1.79. The first-order valence-electron chi connectivity index (χ1n) is 11.1. The van der Waals surface area contributed by atoms with Gasteiger partial charge >= 0.3 is 0 Å². The van der Waals surface area contributed by atoms with E-state index in [0.29, 0.717) is 18.3 Å². The molecule has 1 N–H and O–H groups in total. The maximum absolute atomic E-state index is 14.9. The van der Waals surface area contributed by atoms with Crippen LogP contribution in [-0.4, -0.2) is 54.3 Å². The van der Waals surface area contributed by atoms with Gasteiger partial charge < -0.3 is 14.7 Å². The summed E-state index contributed by atoms with van der Waals surface area (Å²) >= 11 is 0. The molecule has 0 radical (unpaired) electrons. The summed E-state index contributed by atoms with van der Waals surface area (Å²) < 4.78 is 44.7. The summed E-state index contributed by atoms with van der Waals surface area (Å²) in [5, 5.41) is 11.1. The molecule has 2 saturated heterocycles. The van der Waals surface area contributed by atoms with Crippen LogP contribution in [0.5, 0.6) is 5.75 Å². The van der Waals surface area contributed by atoms with Crippen LogP contribution in [-0.2, 0) is 19.4 Å². The first-order chi connectivity index (χ1) is 16.1. The highest BCUT2D eigenvalue weighted by Crippen LogP contribution is 2.43. The van der Waals surface area contributed by atoms with Crippen LogP contribution in [0.1, 0.15) is 37.4 Å². The molecule has 0 aliphatic carbocycles. The Hall–Kier alpha value is -3.20. The van der Waals surface area contributed by atoms with E-state index in [0.717, 1.165) is 4.90 Å². The standard InChI is InChI=1S/C25H26FNO6S/c1-15(2)13-33-18-9-7-16(8-10-18)23(28)21-22(19-5-3-4-6-20(19)26)27(25(30)24(21)29)17-11-12-34(31,32)14-17/h3-10,15,17,22,28H,11-14H2,1-2H3/t17-,22+/m1/s1. The fraction of sp³-hybridized carbons (Fsp3) is 0.360. The lowest BCUT2D eigenvalue weighted by Crippen LogP contribution is -2.40. The van der Waals surface area contributed by atoms with Gasteiger partial charge in [0.2, 0.25) is 0 Å². The normalized spacial score (nSPS) is 23.6. The molecule has 7 nitrogen and oxygen atoms in total. The number of aliphatic hydroxyl groups excluding tert-OH is 1. The number of carbonyl (C=O) groups excluding carboxylic acids is 2. The Morgan fingerprint density at radius 1 is 1.15 bits per heavy atom. The zero-order valence-electron chi connectivity index (χ0n) is 18.9. The summed E-state index contributed by atoms with van der Waals surface area (Å²) in [5.74, 6) is -2.58. The van der Waals surface area contributed by atoms with Crippen molar-refractivity contribution < 1.29 is 32.2 Å². The first-order valence-corrected chi connectivity index (χ1v) is 12.9. The van der Waals surface area contributed by atoms with Crippen molar-refractivity contribution in [3.63, 3.8) is 0 Å². The summed E-state index contributed by atoms with van der Waals surface area (Å²) in [6.45, 7) is 4.53. The number of benzene rings is 2. The predicted octanol–water partition coefficient (Wildman–Crippen LogP) is 3.47. The molecule has 0 spiro atoms. The smallest absolute Gasteiger partial charge is 0.295 e. The van der Waals surface area contributed by atoms with Gasteiger partial charge in [-0.3, -0.25) is 9.59 Å². The first kappa shape index (κ1) is 23.9. The number of halogens is 1. The minimum absolute atomic E-state index is 0.0180. The fourth-order valence-corrected chi connectivity index (χ4v) is 6.06. The summed E-state index contributed by atoms with van der Waals surface area (Å²) in [6, 6.07) is 10.0. The number of aliphatic hydroxyl groups is 1. The van der Waals surface area contributed by atoms with Gasteiger partial charge in [0.05, 0.1) is 29.7 Å². The Labute approximate surface area is 197 Å². The van der Waals surface area contributed by atoms with Crippen LogP contribution in [0.15, 0.2) is 54.1 Å². The van der Waals surface area contributed by atoms with Crippen LogP contribution in [0.3, 0.4) is 0 Å². The zero-order chi connectivity index (χ0) is 24.6. The minimum atomic E-state index is -3.39. The van der Waals surface area contributed by atoms with Gasteiger partial charge in [-0.25, -0.2) is 12.8 Å². The molecule has 34 heavy (non-hydrogen) atoms. The molecular formula is C25H26FNO6S. The zero-order valence-corrected chi connectivity index (χ0v) is 19.7. The monoisotopic (exact) mass is 487 g/mol. The van der Waals surface area contributed by atoms with Gasteiger partial charge in [-0.15, -0.1) is 0 Å². The van der Waals surface area contributed by atoms with Crippen molar-refractivity contribution in [2.75, 3.05) is 18.1 Å². The molecule has 0 saturated carbocycles. The van der Waals surface area contributed by atoms with Crippen molar-refractivity contribution in [3.05, 3.63) is 71.0 Å². The van der Waals surface area contributed by atoms with Crippen molar-refractivity contribution in [2.45, 2.75) is 32.4 Å². The summed E-state index contributed by atoms with van der Waals surface area (Å²) in [4.78, 5) is 27.2. The molecule has 4 rings (SSSR count). The van der Waals surface area contributed by atoms with E-state index in [4.69, 9.17) is 4.74 Å². The second-order valence-electron chi connectivity index (χ2n) is 9.01. The SMILES string of the molecule is CC(C)COc1ccc(C(O)=C2C(=O)C(=O)N([C@@H]3CCS(=O)(=O)C3)[C@H]2c2ccccc2F)cc1. The van der Waals surface area contributed by atoms with Gasteiger partial charge in [0.1, 0.15) is 17.3 Å². The number of amides is 1. The topological polar surface area (TPSA) is 101 Å². The largest absolute Gasteiger partial charge is 0.507 e. The average Bonchev–Trinajstić information content (AvgIpc) is 3.28. The van der Waals surface area contributed by atoms with Gasteiger partial charge in [0.25, 0.3) is 11.7 Å². The molecule has 1 amide bonds. The predicted molar refractivity (Wildman–Crippen MR) is 124 cm³/mol. The summed E-state index contributed by atoms with van der Waals surface area (Å²) in [6.07, 6.45) is 0.141. The van der Waals surface area contributed by atoms with Gasteiger partial charge in [-0.2, -0.15) is 0 Å². The van der Waals surface area contributed by atoms with Gasteiger partial charge in [0, 0.05) is 17.2 Å². The Morgan fingerprint density at radius 3 is 2.41 bits per heavy atom. The highest BCUT2D eigenvalue weighted by molar-refractivity contribution is 7.91. The fourth-order valence-electron chi connectivity index (χ4n) is 4.35. The number of Topliss-reactive ketones (excluding diaryl/α,β-unsaturated/α-hetero) is 1. The minimum Gasteiger partial charge on any atom is -0.507 e. The molecule has 0 unspecified atom stereocenters. The molecule has 0 aromatic heterocycles. The third kappa shape index (κ3) is 4.57. The lowest BCUT2D eigenvalue weighted by atomic mass is 9.94. The van der Waals surface area contributed by atoms with Crippen molar-refractivity contribution in [1.82, 2.24) is 4.90 Å². The molecule has 180 valence electrons. The number of hydrogen-bond acceptors (Lipinski definition) is 6. The molecule has 2 aliphatic rings. The number of hydrogen-bond donors (Lipinski definition) is 1. The lowest BCUT2D eigenvalue weighted by molar-refractivity contribution is -0.141. The number of rotatable bonds is 6. The van der Waals surface area contributed by atoms with Crippen molar-refractivity contribution >= 4 is 27.3 Å². The molecule has 2 fully saturated rings. The Kier molecular flexibility index (Phi) is 6.49. The highest BCUT2D eigenvalue weighted by Gasteiger charge is 2.51. The number of likely N-dealkylation sites (tertiary alicyclic amines) is 1. The van der Waals surface area contributed by atoms with Crippen LogP contribution in [0, 0.1) is 11.7 Å². The second kappa shape index (κ2) is 9.21. The van der Waals surface area contributed by atoms with E-state index in [9.17, 15) is 27.5 Å². The number of sulfone groups is 1. The number of ether oxygens (including phenoxy) is 1. The molecular weight excluding hydrogens is 461 g/mol. The molecule has 2 aromatic carbocycles. The van der Waals surface area contributed by atoms with Crippen LogP contribution in [0.4, 0.5) is 4.39 Å². The maximum Gasteiger partial charge on any atom is 0.295 e. The highest BCUT2D eigenvalue weighted by atomic mass is 32.2. The van der Waals surface area contributed by atoms with Crippen molar-refractivity contribution in [1.29, 1.82) is 0 Å². The molecule has 2 aliphatic heterocycles.